The van der Waals surface area contributed by atoms with Crippen LogP contribution in [0.4, 0.5) is 0 Å². The van der Waals surface area contributed by atoms with Gasteiger partial charge in [-0.05, 0) is 39.0 Å². The van der Waals surface area contributed by atoms with Crippen LogP contribution in [-0.4, -0.2) is 49.2 Å². The van der Waals surface area contributed by atoms with Crippen LogP contribution in [0.25, 0.3) is 0 Å². The van der Waals surface area contributed by atoms with Crippen LogP contribution < -0.4 is 0 Å². The molecule has 0 aliphatic carbocycles. The van der Waals surface area contributed by atoms with Crippen molar-refractivity contribution in [2.24, 2.45) is 5.92 Å². The van der Waals surface area contributed by atoms with Crippen molar-refractivity contribution in [1.82, 2.24) is 4.90 Å². The Hall–Kier alpha value is -0.290. The normalized spacial score (nSPS) is 22.0. The highest BCUT2D eigenvalue weighted by Crippen LogP contribution is 2.25. The van der Waals surface area contributed by atoms with Gasteiger partial charge in [-0.15, -0.1) is 11.6 Å². The molecule has 1 heterocycles. The molecule has 1 rings (SSSR count). The Balaban J connectivity index is 2.78. The first-order valence-corrected chi connectivity index (χ1v) is 8.67. The van der Waals surface area contributed by atoms with Gasteiger partial charge in [0.15, 0.2) is 9.84 Å². The van der Waals surface area contributed by atoms with E-state index in [0.29, 0.717) is 24.9 Å². The summed E-state index contributed by atoms with van der Waals surface area (Å²) >= 11 is 5.73. The number of nitrogens with zero attached hydrogens (tertiary/aromatic N) is 1. The predicted octanol–water partition coefficient (Wildman–Crippen LogP) is 1.68. The van der Waals surface area contributed by atoms with Crippen molar-refractivity contribution in [3.63, 3.8) is 0 Å². The van der Waals surface area contributed by atoms with E-state index in [-0.39, 0.29) is 5.91 Å². The highest BCUT2D eigenvalue weighted by atomic mass is 35.5. The number of rotatable bonds is 4. The highest BCUT2D eigenvalue weighted by molar-refractivity contribution is 7.92. The minimum atomic E-state index is -3.40. The van der Waals surface area contributed by atoms with Crippen LogP contribution in [0, 0.1) is 5.92 Å². The molecule has 1 amide bonds. The van der Waals surface area contributed by atoms with Crippen molar-refractivity contribution in [3.8, 4) is 0 Å². The number of piperidine rings is 1. The number of likely N-dealkylation sites (tertiary alicyclic amines) is 1. The molecular formula is C12H22ClNO3S. The largest absolute Gasteiger partial charge is 0.341 e. The van der Waals surface area contributed by atoms with E-state index in [2.05, 4.69) is 0 Å². The average molecular weight is 296 g/mol. The molecule has 1 atom stereocenters. The molecule has 0 aromatic carbocycles. The lowest BCUT2D eigenvalue weighted by Crippen LogP contribution is -2.52. The van der Waals surface area contributed by atoms with Gasteiger partial charge >= 0.3 is 0 Å². The van der Waals surface area contributed by atoms with Gasteiger partial charge in [-0.3, -0.25) is 4.79 Å². The van der Waals surface area contributed by atoms with Crippen LogP contribution in [0.2, 0.25) is 0 Å². The highest BCUT2D eigenvalue weighted by Gasteiger charge is 2.42. The number of sulfone groups is 1. The van der Waals surface area contributed by atoms with E-state index in [0.717, 1.165) is 25.5 Å². The number of alkyl halides is 1. The second-order valence-electron chi connectivity index (χ2n) is 5.52. The Morgan fingerprint density at radius 1 is 1.44 bits per heavy atom. The zero-order chi connectivity index (χ0) is 14.0. The predicted molar refractivity (Wildman–Crippen MR) is 73.6 cm³/mol. The molecular weight excluding hydrogens is 274 g/mol. The zero-order valence-electron chi connectivity index (χ0n) is 11.3. The topological polar surface area (TPSA) is 54.5 Å². The van der Waals surface area contributed by atoms with Crippen LogP contribution >= 0.6 is 11.6 Å². The first-order valence-electron chi connectivity index (χ1n) is 6.25. The average Bonchev–Trinajstić information content (AvgIpc) is 2.27. The first kappa shape index (κ1) is 15.8. The van der Waals surface area contributed by atoms with Gasteiger partial charge in [-0.25, -0.2) is 8.42 Å². The molecule has 1 saturated heterocycles. The number of halogens is 1. The Morgan fingerprint density at radius 3 is 2.56 bits per heavy atom. The van der Waals surface area contributed by atoms with Crippen LogP contribution in [-0.2, 0) is 14.6 Å². The molecule has 1 unspecified atom stereocenters. The van der Waals surface area contributed by atoms with Gasteiger partial charge in [0.2, 0.25) is 5.91 Å². The summed E-state index contributed by atoms with van der Waals surface area (Å²) in [4.78, 5) is 14.0. The lowest BCUT2D eigenvalue weighted by molar-refractivity contribution is -0.135. The van der Waals surface area contributed by atoms with E-state index < -0.39 is 14.6 Å². The summed E-state index contributed by atoms with van der Waals surface area (Å²) in [6.45, 7) is 4.24. The molecule has 0 spiro atoms. The summed E-state index contributed by atoms with van der Waals surface area (Å²) in [7, 11) is -3.40. The van der Waals surface area contributed by atoms with E-state index in [1.807, 2.05) is 0 Å². The quantitative estimate of drug-likeness (QED) is 0.742. The third-order valence-electron chi connectivity index (χ3n) is 3.77. The maximum atomic E-state index is 12.3. The van der Waals surface area contributed by atoms with Gasteiger partial charge in [0.25, 0.3) is 0 Å². The van der Waals surface area contributed by atoms with Gasteiger partial charge in [-0.1, -0.05) is 0 Å². The third-order valence-corrected chi connectivity index (χ3v) is 6.01. The fourth-order valence-corrected chi connectivity index (χ4v) is 2.93. The fourth-order valence-electron chi connectivity index (χ4n) is 2.18. The summed E-state index contributed by atoms with van der Waals surface area (Å²) in [6, 6.07) is 0. The van der Waals surface area contributed by atoms with Gasteiger partial charge < -0.3 is 4.90 Å². The zero-order valence-corrected chi connectivity index (χ0v) is 12.9. The molecule has 0 bridgehead atoms. The van der Waals surface area contributed by atoms with E-state index >= 15 is 0 Å². The lowest BCUT2D eigenvalue weighted by Gasteiger charge is -2.36. The molecule has 106 valence electrons. The van der Waals surface area contributed by atoms with Gasteiger partial charge in [-0.2, -0.15) is 0 Å². The molecule has 4 nitrogen and oxygen atoms in total. The van der Waals surface area contributed by atoms with E-state index in [1.165, 1.54) is 13.8 Å². The van der Waals surface area contributed by atoms with Crippen LogP contribution in [0.3, 0.4) is 0 Å². The van der Waals surface area contributed by atoms with Crippen molar-refractivity contribution in [2.45, 2.75) is 37.9 Å². The number of amides is 1. The minimum absolute atomic E-state index is 0.288. The number of hydrogen-bond donors (Lipinski definition) is 0. The molecule has 1 aliphatic rings. The summed E-state index contributed by atoms with van der Waals surface area (Å²) < 4.78 is 22.0. The second kappa shape index (κ2) is 5.78. The Kier molecular flexibility index (Phi) is 5.06. The summed E-state index contributed by atoms with van der Waals surface area (Å²) in [5, 5.41) is 0. The van der Waals surface area contributed by atoms with Gasteiger partial charge in [0, 0.05) is 25.2 Å². The number of carbonyl (C=O) groups is 1. The van der Waals surface area contributed by atoms with Gasteiger partial charge in [0.1, 0.15) is 4.75 Å². The summed E-state index contributed by atoms with van der Waals surface area (Å²) in [6.07, 6.45) is 3.98. The maximum absolute atomic E-state index is 12.3. The molecule has 0 saturated carbocycles. The second-order valence-corrected chi connectivity index (χ2v) is 8.46. The Labute approximate surface area is 115 Å². The Morgan fingerprint density at radius 2 is 2.06 bits per heavy atom. The fraction of sp³-hybridized carbons (Fsp3) is 0.917. The van der Waals surface area contributed by atoms with Crippen molar-refractivity contribution in [1.29, 1.82) is 0 Å². The van der Waals surface area contributed by atoms with E-state index in [1.54, 1.807) is 4.90 Å². The van der Waals surface area contributed by atoms with Crippen molar-refractivity contribution < 1.29 is 13.2 Å². The van der Waals surface area contributed by atoms with E-state index in [9.17, 15) is 13.2 Å². The van der Waals surface area contributed by atoms with Crippen molar-refractivity contribution >= 4 is 27.3 Å². The lowest BCUT2D eigenvalue weighted by atomic mass is 9.94. The standard InChI is InChI=1S/C12H22ClNO3S/c1-12(2,18(3,16)17)11(15)14-8-4-5-10(9-14)6-7-13/h10H,4-9H2,1-3H3. The SMILES string of the molecule is CC(C)(C(=O)N1CCCC(CCCl)C1)S(C)(=O)=O. The molecule has 1 fully saturated rings. The Bertz CT molecular complexity index is 404. The van der Waals surface area contributed by atoms with Crippen LogP contribution in [0.1, 0.15) is 33.1 Å². The van der Waals surface area contributed by atoms with Crippen LogP contribution in [0.5, 0.6) is 0 Å². The summed E-state index contributed by atoms with van der Waals surface area (Å²) in [5.74, 6) is 0.696. The molecule has 0 aromatic rings. The molecule has 0 aromatic heterocycles. The summed E-state index contributed by atoms with van der Waals surface area (Å²) in [5.41, 5.74) is 0. The minimum Gasteiger partial charge on any atom is -0.341 e. The van der Waals surface area contributed by atoms with Crippen molar-refractivity contribution in [3.05, 3.63) is 0 Å². The van der Waals surface area contributed by atoms with Gasteiger partial charge in [0.05, 0.1) is 0 Å². The van der Waals surface area contributed by atoms with Crippen molar-refractivity contribution in [2.75, 3.05) is 25.2 Å². The molecule has 1 aliphatic heterocycles. The smallest absolute Gasteiger partial charge is 0.243 e. The monoisotopic (exact) mass is 295 g/mol. The molecule has 0 radical (unpaired) electrons. The third kappa shape index (κ3) is 3.38. The molecule has 18 heavy (non-hydrogen) atoms. The van der Waals surface area contributed by atoms with Crippen LogP contribution in [0.15, 0.2) is 0 Å². The maximum Gasteiger partial charge on any atom is 0.243 e. The number of hydrogen-bond acceptors (Lipinski definition) is 3. The van der Waals surface area contributed by atoms with E-state index in [4.69, 9.17) is 11.6 Å². The number of carbonyl (C=O) groups excluding carboxylic acids is 1. The molecule has 6 heteroatoms. The first-order chi connectivity index (χ1) is 8.20. The molecule has 0 N–H and O–H groups in total.